The molecule has 3 heteroatoms. The van der Waals surface area contributed by atoms with Gasteiger partial charge in [0.25, 0.3) is 0 Å². The lowest BCUT2D eigenvalue weighted by molar-refractivity contribution is 0.695. The number of halogens is 1. The predicted molar refractivity (Wildman–Crippen MR) is 88.5 cm³/mol. The SMILES string of the molecule is Cc1ccc(CNCc2cccc3cccnc23)cc1Cl. The molecule has 0 atom stereocenters. The first kappa shape index (κ1) is 14.1. The van der Waals surface area contributed by atoms with Gasteiger partial charge in [0.05, 0.1) is 5.52 Å². The zero-order valence-electron chi connectivity index (χ0n) is 11.9. The Morgan fingerprint density at radius 2 is 1.90 bits per heavy atom. The Morgan fingerprint density at radius 1 is 1.05 bits per heavy atom. The van der Waals surface area contributed by atoms with Crippen molar-refractivity contribution < 1.29 is 0 Å². The zero-order chi connectivity index (χ0) is 14.7. The highest BCUT2D eigenvalue weighted by Crippen LogP contribution is 2.18. The summed E-state index contributed by atoms with van der Waals surface area (Å²) in [7, 11) is 0. The molecule has 1 heterocycles. The van der Waals surface area contributed by atoms with E-state index in [2.05, 4.69) is 46.7 Å². The largest absolute Gasteiger partial charge is 0.309 e. The molecule has 0 aliphatic rings. The molecule has 0 saturated heterocycles. The van der Waals surface area contributed by atoms with E-state index in [4.69, 9.17) is 11.6 Å². The van der Waals surface area contributed by atoms with Gasteiger partial charge >= 0.3 is 0 Å². The van der Waals surface area contributed by atoms with E-state index in [0.29, 0.717) is 0 Å². The fourth-order valence-corrected chi connectivity index (χ4v) is 2.60. The average molecular weight is 297 g/mol. The van der Waals surface area contributed by atoms with Crippen LogP contribution in [0, 0.1) is 6.92 Å². The predicted octanol–water partition coefficient (Wildman–Crippen LogP) is 4.49. The number of hydrogen-bond donors (Lipinski definition) is 1. The Kier molecular flexibility index (Phi) is 4.18. The van der Waals surface area contributed by atoms with Crippen LogP contribution >= 0.6 is 11.6 Å². The molecule has 0 saturated carbocycles. The Hall–Kier alpha value is -1.90. The highest BCUT2D eigenvalue weighted by molar-refractivity contribution is 6.31. The molecule has 0 radical (unpaired) electrons. The van der Waals surface area contributed by atoms with Gasteiger partial charge < -0.3 is 5.32 Å². The number of fused-ring (bicyclic) bond motifs is 1. The minimum atomic E-state index is 0.792. The molecule has 2 aromatic carbocycles. The van der Waals surface area contributed by atoms with Crippen molar-refractivity contribution in [3.63, 3.8) is 0 Å². The van der Waals surface area contributed by atoms with Crippen molar-refractivity contribution in [2.24, 2.45) is 0 Å². The molecule has 0 bridgehead atoms. The molecule has 0 spiro atoms. The third-order valence-corrected chi connectivity index (χ3v) is 4.00. The Labute approximate surface area is 129 Å². The number of rotatable bonds is 4. The summed E-state index contributed by atoms with van der Waals surface area (Å²) in [5.74, 6) is 0. The lowest BCUT2D eigenvalue weighted by Gasteiger charge is -2.08. The molecule has 3 rings (SSSR count). The van der Waals surface area contributed by atoms with Crippen LogP contribution in [-0.2, 0) is 13.1 Å². The maximum atomic E-state index is 6.15. The van der Waals surface area contributed by atoms with Crippen LogP contribution < -0.4 is 5.32 Å². The van der Waals surface area contributed by atoms with Crippen LogP contribution in [0.5, 0.6) is 0 Å². The van der Waals surface area contributed by atoms with Crippen molar-refractivity contribution in [3.05, 3.63) is 76.4 Å². The van der Waals surface area contributed by atoms with Gasteiger partial charge in [0.2, 0.25) is 0 Å². The summed E-state index contributed by atoms with van der Waals surface area (Å²) in [4.78, 5) is 4.47. The molecule has 0 aliphatic heterocycles. The molecule has 3 aromatic rings. The van der Waals surface area contributed by atoms with Crippen LogP contribution in [0.2, 0.25) is 5.02 Å². The van der Waals surface area contributed by atoms with Crippen LogP contribution in [0.15, 0.2) is 54.7 Å². The van der Waals surface area contributed by atoms with Crippen LogP contribution in [0.1, 0.15) is 16.7 Å². The summed E-state index contributed by atoms with van der Waals surface area (Å²) in [6.45, 7) is 3.60. The number of hydrogen-bond acceptors (Lipinski definition) is 2. The van der Waals surface area contributed by atoms with Crippen LogP contribution in [0.3, 0.4) is 0 Å². The summed E-state index contributed by atoms with van der Waals surface area (Å²) < 4.78 is 0. The summed E-state index contributed by atoms with van der Waals surface area (Å²) in [5.41, 5.74) is 4.58. The van der Waals surface area contributed by atoms with Gasteiger partial charge in [0, 0.05) is 29.7 Å². The van der Waals surface area contributed by atoms with E-state index in [1.807, 2.05) is 25.3 Å². The molecular formula is C18H17ClN2. The third kappa shape index (κ3) is 3.23. The zero-order valence-corrected chi connectivity index (χ0v) is 12.7. The van der Waals surface area contributed by atoms with Gasteiger partial charge in [-0.05, 0) is 35.7 Å². The quantitative estimate of drug-likeness (QED) is 0.767. The number of nitrogens with one attached hydrogen (secondary N) is 1. The summed E-state index contributed by atoms with van der Waals surface area (Å²) in [6, 6.07) is 16.5. The molecule has 0 unspecified atom stereocenters. The number of benzene rings is 2. The van der Waals surface area contributed by atoms with Gasteiger partial charge in [-0.15, -0.1) is 0 Å². The normalized spacial score (nSPS) is 11.0. The fraction of sp³-hybridized carbons (Fsp3) is 0.167. The number of nitrogens with zero attached hydrogens (tertiary/aromatic N) is 1. The van der Waals surface area contributed by atoms with Crippen molar-refractivity contribution in [1.29, 1.82) is 0 Å². The van der Waals surface area contributed by atoms with Crippen molar-refractivity contribution >= 4 is 22.5 Å². The molecule has 106 valence electrons. The standard InChI is InChI=1S/C18H17ClN2/c1-13-7-8-14(10-17(13)19)11-20-12-16-5-2-4-15-6-3-9-21-18(15)16/h2-10,20H,11-12H2,1H3. The van der Waals surface area contributed by atoms with E-state index in [0.717, 1.165) is 29.2 Å². The summed E-state index contributed by atoms with van der Waals surface area (Å²) >= 11 is 6.15. The Morgan fingerprint density at radius 3 is 2.76 bits per heavy atom. The highest BCUT2D eigenvalue weighted by Gasteiger charge is 2.02. The van der Waals surface area contributed by atoms with E-state index in [1.165, 1.54) is 16.5 Å². The molecule has 0 fully saturated rings. The van der Waals surface area contributed by atoms with Crippen molar-refractivity contribution in [3.8, 4) is 0 Å². The average Bonchev–Trinajstić information content (AvgIpc) is 2.51. The fourth-order valence-electron chi connectivity index (χ4n) is 2.40. The van der Waals surface area contributed by atoms with E-state index >= 15 is 0 Å². The van der Waals surface area contributed by atoms with E-state index in [-0.39, 0.29) is 0 Å². The van der Waals surface area contributed by atoms with Crippen molar-refractivity contribution in [2.75, 3.05) is 0 Å². The van der Waals surface area contributed by atoms with Gasteiger partial charge in [0.1, 0.15) is 0 Å². The smallest absolute Gasteiger partial charge is 0.0746 e. The molecule has 0 aliphatic carbocycles. The van der Waals surface area contributed by atoms with E-state index in [9.17, 15) is 0 Å². The van der Waals surface area contributed by atoms with Crippen LogP contribution in [0.4, 0.5) is 0 Å². The topological polar surface area (TPSA) is 24.9 Å². The molecule has 21 heavy (non-hydrogen) atoms. The van der Waals surface area contributed by atoms with Crippen molar-refractivity contribution in [2.45, 2.75) is 20.0 Å². The van der Waals surface area contributed by atoms with E-state index in [1.54, 1.807) is 0 Å². The van der Waals surface area contributed by atoms with Gasteiger partial charge in [-0.1, -0.05) is 48.0 Å². The molecule has 1 aromatic heterocycles. The van der Waals surface area contributed by atoms with Crippen LogP contribution in [0.25, 0.3) is 10.9 Å². The second-order valence-electron chi connectivity index (χ2n) is 5.18. The summed E-state index contributed by atoms with van der Waals surface area (Å²) in [5, 5.41) is 5.45. The van der Waals surface area contributed by atoms with Gasteiger partial charge in [0.15, 0.2) is 0 Å². The van der Waals surface area contributed by atoms with Gasteiger partial charge in [-0.3, -0.25) is 4.98 Å². The first-order valence-corrected chi connectivity index (χ1v) is 7.40. The molecule has 1 N–H and O–H groups in total. The van der Waals surface area contributed by atoms with Gasteiger partial charge in [-0.2, -0.15) is 0 Å². The Bertz CT molecular complexity index is 763. The number of aromatic nitrogens is 1. The minimum absolute atomic E-state index is 0.792. The lowest BCUT2D eigenvalue weighted by atomic mass is 10.1. The lowest BCUT2D eigenvalue weighted by Crippen LogP contribution is -2.13. The van der Waals surface area contributed by atoms with Crippen LogP contribution in [-0.4, -0.2) is 4.98 Å². The second-order valence-corrected chi connectivity index (χ2v) is 5.59. The maximum Gasteiger partial charge on any atom is 0.0746 e. The summed E-state index contributed by atoms with van der Waals surface area (Å²) in [6.07, 6.45) is 1.84. The van der Waals surface area contributed by atoms with E-state index < -0.39 is 0 Å². The molecule has 0 amide bonds. The van der Waals surface area contributed by atoms with Crippen molar-refractivity contribution in [1.82, 2.24) is 10.3 Å². The number of para-hydroxylation sites is 1. The maximum absolute atomic E-state index is 6.15. The second kappa shape index (κ2) is 6.25. The minimum Gasteiger partial charge on any atom is -0.309 e. The molecule has 2 nitrogen and oxygen atoms in total. The highest BCUT2D eigenvalue weighted by atomic mass is 35.5. The van der Waals surface area contributed by atoms with Gasteiger partial charge in [-0.25, -0.2) is 0 Å². The monoisotopic (exact) mass is 296 g/mol. The number of aryl methyl sites for hydroxylation is 1. The Balaban J connectivity index is 1.70. The first-order chi connectivity index (χ1) is 10.2. The first-order valence-electron chi connectivity index (χ1n) is 7.02. The molecular weight excluding hydrogens is 280 g/mol. The number of pyridine rings is 1. The third-order valence-electron chi connectivity index (χ3n) is 3.60.